The predicted octanol–water partition coefficient (Wildman–Crippen LogP) is 3.01. The SMILES string of the molecule is CC1CCC(C)N(Cc2ccc(O)cc2)C1. The van der Waals surface area contributed by atoms with E-state index in [1.807, 2.05) is 12.1 Å². The van der Waals surface area contributed by atoms with Crippen LogP contribution in [0.15, 0.2) is 24.3 Å². The lowest BCUT2D eigenvalue weighted by atomic mass is 9.94. The lowest BCUT2D eigenvalue weighted by Gasteiger charge is -2.36. The van der Waals surface area contributed by atoms with E-state index in [0.717, 1.165) is 12.5 Å². The van der Waals surface area contributed by atoms with E-state index in [1.54, 1.807) is 12.1 Å². The molecule has 16 heavy (non-hydrogen) atoms. The minimum absolute atomic E-state index is 0.351. The van der Waals surface area contributed by atoms with Gasteiger partial charge in [-0.15, -0.1) is 0 Å². The topological polar surface area (TPSA) is 23.5 Å². The average Bonchev–Trinajstić information content (AvgIpc) is 2.27. The van der Waals surface area contributed by atoms with E-state index in [4.69, 9.17) is 0 Å². The van der Waals surface area contributed by atoms with Crippen LogP contribution < -0.4 is 0 Å². The van der Waals surface area contributed by atoms with Gasteiger partial charge in [0.25, 0.3) is 0 Å². The van der Waals surface area contributed by atoms with Gasteiger partial charge in [-0.3, -0.25) is 4.90 Å². The lowest BCUT2D eigenvalue weighted by Crippen LogP contribution is -2.40. The molecule has 2 rings (SSSR count). The highest BCUT2D eigenvalue weighted by Gasteiger charge is 2.22. The first-order chi connectivity index (χ1) is 7.65. The van der Waals surface area contributed by atoms with E-state index in [0.29, 0.717) is 11.8 Å². The van der Waals surface area contributed by atoms with E-state index < -0.39 is 0 Å². The van der Waals surface area contributed by atoms with Crippen LogP contribution in [0, 0.1) is 5.92 Å². The molecule has 1 aromatic rings. The summed E-state index contributed by atoms with van der Waals surface area (Å²) in [5.41, 5.74) is 1.29. The van der Waals surface area contributed by atoms with Crippen LogP contribution >= 0.6 is 0 Å². The fourth-order valence-electron chi connectivity index (χ4n) is 2.44. The second-order valence-electron chi connectivity index (χ2n) is 5.13. The minimum Gasteiger partial charge on any atom is -0.508 e. The molecule has 0 aliphatic carbocycles. The average molecular weight is 219 g/mol. The minimum atomic E-state index is 0.351. The molecule has 2 nitrogen and oxygen atoms in total. The van der Waals surface area contributed by atoms with Gasteiger partial charge in [-0.1, -0.05) is 19.1 Å². The van der Waals surface area contributed by atoms with Crippen LogP contribution in [-0.4, -0.2) is 22.6 Å². The van der Waals surface area contributed by atoms with Crippen LogP contribution in [0.5, 0.6) is 5.75 Å². The van der Waals surface area contributed by atoms with Crippen molar-refractivity contribution in [3.63, 3.8) is 0 Å². The molecule has 0 saturated carbocycles. The van der Waals surface area contributed by atoms with Gasteiger partial charge in [0.2, 0.25) is 0 Å². The lowest BCUT2D eigenvalue weighted by molar-refractivity contribution is 0.117. The second-order valence-corrected chi connectivity index (χ2v) is 5.13. The highest BCUT2D eigenvalue weighted by Crippen LogP contribution is 2.23. The molecule has 1 fully saturated rings. The largest absolute Gasteiger partial charge is 0.508 e. The van der Waals surface area contributed by atoms with Gasteiger partial charge >= 0.3 is 0 Å². The summed E-state index contributed by atoms with van der Waals surface area (Å²) in [6, 6.07) is 8.26. The standard InChI is InChI=1S/C14H21NO/c1-11-3-4-12(2)15(9-11)10-13-5-7-14(16)8-6-13/h5-8,11-12,16H,3-4,9-10H2,1-2H3. The number of hydrogen-bond acceptors (Lipinski definition) is 2. The molecular weight excluding hydrogens is 198 g/mol. The van der Waals surface area contributed by atoms with Crippen molar-refractivity contribution in [2.24, 2.45) is 5.92 Å². The number of phenolic OH excluding ortho intramolecular Hbond substituents is 1. The van der Waals surface area contributed by atoms with Crippen molar-refractivity contribution in [2.75, 3.05) is 6.54 Å². The summed E-state index contributed by atoms with van der Waals surface area (Å²) in [5.74, 6) is 1.16. The number of aromatic hydroxyl groups is 1. The summed E-state index contributed by atoms with van der Waals surface area (Å²) < 4.78 is 0. The molecule has 1 aliphatic heterocycles. The Labute approximate surface area is 97.9 Å². The normalized spacial score (nSPS) is 26.9. The maximum atomic E-state index is 9.24. The smallest absolute Gasteiger partial charge is 0.115 e. The van der Waals surface area contributed by atoms with E-state index >= 15 is 0 Å². The molecule has 0 bridgehead atoms. The highest BCUT2D eigenvalue weighted by atomic mass is 16.3. The zero-order valence-electron chi connectivity index (χ0n) is 10.2. The quantitative estimate of drug-likeness (QED) is 0.826. The van der Waals surface area contributed by atoms with E-state index in [1.165, 1.54) is 24.9 Å². The summed E-state index contributed by atoms with van der Waals surface area (Å²) in [6.45, 7) is 6.84. The second kappa shape index (κ2) is 4.88. The summed E-state index contributed by atoms with van der Waals surface area (Å²) in [6.07, 6.45) is 2.66. The maximum Gasteiger partial charge on any atom is 0.115 e. The molecule has 2 unspecified atom stereocenters. The third kappa shape index (κ3) is 2.76. The van der Waals surface area contributed by atoms with Gasteiger partial charge in [-0.05, 0) is 43.4 Å². The highest BCUT2D eigenvalue weighted by molar-refractivity contribution is 5.25. The van der Waals surface area contributed by atoms with Crippen LogP contribution in [-0.2, 0) is 6.54 Å². The zero-order valence-corrected chi connectivity index (χ0v) is 10.2. The van der Waals surface area contributed by atoms with Crippen molar-refractivity contribution in [1.29, 1.82) is 0 Å². The van der Waals surface area contributed by atoms with E-state index in [-0.39, 0.29) is 0 Å². The number of benzene rings is 1. The van der Waals surface area contributed by atoms with Crippen molar-refractivity contribution in [1.82, 2.24) is 4.90 Å². The first kappa shape index (κ1) is 11.5. The molecule has 1 aromatic carbocycles. The Kier molecular flexibility index (Phi) is 3.49. The molecule has 2 atom stereocenters. The Morgan fingerprint density at radius 3 is 2.56 bits per heavy atom. The Morgan fingerprint density at radius 1 is 1.19 bits per heavy atom. The Morgan fingerprint density at radius 2 is 1.88 bits per heavy atom. The number of piperidine rings is 1. The van der Waals surface area contributed by atoms with Crippen LogP contribution in [0.1, 0.15) is 32.3 Å². The molecule has 0 aromatic heterocycles. The van der Waals surface area contributed by atoms with Gasteiger partial charge in [-0.2, -0.15) is 0 Å². The van der Waals surface area contributed by atoms with Crippen LogP contribution in [0.3, 0.4) is 0 Å². The van der Waals surface area contributed by atoms with Crippen LogP contribution in [0.25, 0.3) is 0 Å². The number of likely N-dealkylation sites (tertiary alicyclic amines) is 1. The molecular formula is C14H21NO. The van der Waals surface area contributed by atoms with E-state index in [9.17, 15) is 5.11 Å². The number of rotatable bonds is 2. The molecule has 2 heteroatoms. The van der Waals surface area contributed by atoms with Crippen molar-refractivity contribution >= 4 is 0 Å². The first-order valence-corrected chi connectivity index (χ1v) is 6.17. The van der Waals surface area contributed by atoms with Crippen molar-refractivity contribution < 1.29 is 5.11 Å². The summed E-state index contributed by atoms with van der Waals surface area (Å²) in [4.78, 5) is 2.54. The van der Waals surface area contributed by atoms with Crippen molar-refractivity contribution in [2.45, 2.75) is 39.3 Å². The van der Waals surface area contributed by atoms with Crippen LogP contribution in [0.2, 0.25) is 0 Å². The number of hydrogen-bond donors (Lipinski definition) is 1. The fraction of sp³-hybridized carbons (Fsp3) is 0.571. The maximum absolute atomic E-state index is 9.24. The van der Waals surface area contributed by atoms with Gasteiger partial charge in [-0.25, -0.2) is 0 Å². The fourth-order valence-corrected chi connectivity index (χ4v) is 2.44. The van der Waals surface area contributed by atoms with E-state index in [2.05, 4.69) is 18.7 Å². The number of phenols is 1. The molecule has 0 radical (unpaired) electrons. The monoisotopic (exact) mass is 219 g/mol. The Balaban J connectivity index is 2.00. The van der Waals surface area contributed by atoms with Crippen molar-refractivity contribution in [3.05, 3.63) is 29.8 Å². The molecule has 88 valence electrons. The van der Waals surface area contributed by atoms with Gasteiger partial charge in [0.15, 0.2) is 0 Å². The Hall–Kier alpha value is -1.02. The summed E-state index contributed by atoms with van der Waals surface area (Å²) in [7, 11) is 0. The van der Waals surface area contributed by atoms with Gasteiger partial charge in [0.05, 0.1) is 0 Å². The molecule has 0 spiro atoms. The summed E-state index contributed by atoms with van der Waals surface area (Å²) in [5, 5.41) is 9.24. The molecule has 0 amide bonds. The zero-order chi connectivity index (χ0) is 11.5. The van der Waals surface area contributed by atoms with Gasteiger partial charge in [0.1, 0.15) is 5.75 Å². The first-order valence-electron chi connectivity index (χ1n) is 6.17. The predicted molar refractivity (Wildman–Crippen MR) is 66.4 cm³/mol. The molecule has 1 saturated heterocycles. The van der Waals surface area contributed by atoms with Gasteiger partial charge in [0, 0.05) is 19.1 Å². The molecule has 1 N–H and O–H groups in total. The van der Waals surface area contributed by atoms with Crippen LogP contribution in [0.4, 0.5) is 0 Å². The molecule has 1 aliphatic rings. The number of nitrogens with zero attached hydrogens (tertiary/aromatic N) is 1. The Bertz CT molecular complexity index is 333. The third-order valence-corrected chi connectivity index (χ3v) is 3.57. The summed E-state index contributed by atoms with van der Waals surface area (Å²) >= 11 is 0. The van der Waals surface area contributed by atoms with Crippen molar-refractivity contribution in [3.8, 4) is 5.75 Å². The van der Waals surface area contributed by atoms with Gasteiger partial charge < -0.3 is 5.11 Å². The third-order valence-electron chi connectivity index (χ3n) is 3.57. The molecule has 1 heterocycles.